The molecule has 7 nitrogen and oxygen atoms in total. The van der Waals surface area contributed by atoms with Crippen molar-refractivity contribution in [2.45, 2.75) is 12.5 Å². The predicted octanol–water partition coefficient (Wildman–Crippen LogP) is 4.06. The van der Waals surface area contributed by atoms with Crippen molar-refractivity contribution < 1.29 is 33.3 Å². The maximum absolute atomic E-state index is 12.0. The number of hydrogen-bond donors (Lipinski definition) is 0. The zero-order valence-electron chi connectivity index (χ0n) is 18.6. The minimum absolute atomic E-state index is 0.0561. The molecule has 0 bridgehead atoms. The Morgan fingerprint density at radius 3 is 2.21 bits per heavy atom. The van der Waals surface area contributed by atoms with Gasteiger partial charge in [-0.05, 0) is 17.7 Å². The Morgan fingerprint density at radius 2 is 1.52 bits per heavy atom. The van der Waals surface area contributed by atoms with E-state index in [4.69, 9.17) is 23.7 Å². The van der Waals surface area contributed by atoms with E-state index in [1.54, 1.807) is 0 Å². The van der Waals surface area contributed by atoms with Crippen molar-refractivity contribution >= 4 is 11.9 Å². The molecule has 1 atom stereocenters. The third kappa shape index (κ3) is 10.6. The molecular weight excluding hydrogens is 424 g/mol. The van der Waals surface area contributed by atoms with Crippen LogP contribution in [0.15, 0.2) is 85.5 Å². The summed E-state index contributed by atoms with van der Waals surface area (Å²) in [6.07, 6.45) is 0.882. The minimum atomic E-state index is -0.578. The van der Waals surface area contributed by atoms with Crippen LogP contribution in [0, 0.1) is 0 Å². The smallest absolute Gasteiger partial charge is 0.333 e. The zero-order valence-corrected chi connectivity index (χ0v) is 18.6. The molecule has 0 aliphatic rings. The Morgan fingerprint density at radius 1 is 0.848 bits per heavy atom. The molecule has 0 saturated carbocycles. The topological polar surface area (TPSA) is 80.3 Å². The molecule has 33 heavy (non-hydrogen) atoms. The van der Waals surface area contributed by atoms with Gasteiger partial charge >= 0.3 is 11.9 Å². The lowest BCUT2D eigenvalue weighted by atomic mass is 10.1. The first-order valence-electron chi connectivity index (χ1n) is 10.7. The van der Waals surface area contributed by atoms with Gasteiger partial charge in [-0.15, -0.1) is 0 Å². The highest BCUT2D eigenvalue weighted by molar-refractivity contribution is 5.87. The van der Waals surface area contributed by atoms with E-state index in [9.17, 15) is 9.59 Å². The normalized spacial score (nSPS) is 11.3. The molecule has 2 rings (SSSR count). The average Bonchev–Trinajstić information content (AvgIpc) is 2.85. The monoisotopic (exact) mass is 454 g/mol. The summed E-state index contributed by atoms with van der Waals surface area (Å²) in [5.74, 6) is -0.255. The second kappa shape index (κ2) is 15.4. The number of rotatable bonds is 16. The lowest BCUT2D eigenvalue weighted by Crippen LogP contribution is -2.18. The highest BCUT2D eigenvalue weighted by atomic mass is 16.6. The number of carbonyl (C=O) groups is 2. The van der Waals surface area contributed by atoms with Gasteiger partial charge in [-0.25, -0.2) is 9.59 Å². The summed E-state index contributed by atoms with van der Waals surface area (Å²) < 4.78 is 27.0. The fourth-order valence-electron chi connectivity index (χ4n) is 2.67. The third-order valence-electron chi connectivity index (χ3n) is 4.40. The summed E-state index contributed by atoms with van der Waals surface area (Å²) in [6.45, 7) is 8.65. The van der Waals surface area contributed by atoms with Gasteiger partial charge in [-0.1, -0.05) is 61.7 Å². The maximum Gasteiger partial charge on any atom is 0.333 e. The van der Waals surface area contributed by atoms with Crippen LogP contribution in [0.1, 0.15) is 18.1 Å². The fourth-order valence-corrected chi connectivity index (χ4v) is 2.67. The van der Waals surface area contributed by atoms with Crippen LogP contribution in [-0.4, -0.2) is 51.6 Å². The third-order valence-corrected chi connectivity index (χ3v) is 4.40. The lowest BCUT2D eigenvalue weighted by Gasteiger charge is -2.17. The van der Waals surface area contributed by atoms with Gasteiger partial charge in [0.05, 0.1) is 26.4 Å². The van der Waals surface area contributed by atoms with Crippen molar-refractivity contribution in [3.63, 3.8) is 0 Å². The second-order valence-electron chi connectivity index (χ2n) is 6.88. The molecule has 0 aromatic heterocycles. The molecule has 0 spiro atoms. The second-order valence-corrected chi connectivity index (χ2v) is 6.88. The van der Waals surface area contributed by atoms with Crippen LogP contribution in [0.5, 0.6) is 5.75 Å². The van der Waals surface area contributed by atoms with E-state index in [-0.39, 0.29) is 19.8 Å². The number of hydrogen-bond acceptors (Lipinski definition) is 7. The van der Waals surface area contributed by atoms with E-state index in [0.717, 1.165) is 17.4 Å². The minimum Gasteiger partial charge on any atom is -0.491 e. The Bertz CT molecular complexity index is 865. The maximum atomic E-state index is 12.0. The predicted molar refractivity (Wildman–Crippen MR) is 124 cm³/mol. The molecule has 7 heteroatoms. The summed E-state index contributed by atoms with van der Waals surface area (Å²) in [5.41, 5.74) is 1.12. The van der Waals surface area contributed by atoms with Crippen LogP contribution in [0.25, 0.3) is 0 Å². The van der Waals surface area contributed by atoms with Gasteiger partial charge in [0.1, 0.15) is 19.0 Å². The first-order chi connectivity index (χ1) is 16.1. The summed E-state index contributed by atoms with van der Waals surface area (Å²) in [7, 11) is 0. The van der Waals surface area contributed by atoms with E-state index in [0.29, 0.717) is 31.8 Å². The van der Waals surface area contributed by atoms with Gasteiger partial charge in [0.25, 0.3) is 0 Å². The number of esters is 2. The molecule has 0 amide bonds. The summed E-state index contributed by atoms with van der Waals surface area (Å²) in [6, 6.07) is 18.7. The Hall–Kier alpha value is -3.42. The average molecular weight is 455 g/mol. The van der Waals surface area contributed by atoms with E-state index in [1.165, 1.54) is 0 Å². The molecule has 0 aliphatic carbocycles. The lowest BCUT2D eigenvalue weighted by molar-refractivity contribution is -0.147. The van der Waals surface area contributed by atoms with E-state index in [2.05, 4.69) is 13.2 Å². The number of benzene rings is 2. The number of ether oxygens (including phenoxy) is 5. The summed E-state index contributed by atoms with van der Waals surface area (Å²) in [4.78, 5) is 23.6. The van der Waals surface area contributed by atoms with Crippen LogP contribution in [-0.2, 0) is 28.5 Å². The van der Waals surface area contributed by atoms with E-state index in [1.807, 2.05) is 60.7 Å². The molecule has 0 heterocycles. The van der Waals surface area contributed by atoms with Crippen molar-refractivity contribution in [1.29, 1.82) is 0 Å². The van der Waals surface area contributed by atoms with Crippen LogP contribution in [0.2, 0.25) is 0 Å². The highest BCUT2D eigenvalue weighted by Crippen LogP contribution is 2.18. The molecular formula is C26H30O7. The molecule has 176 valence electrons. The fraction of sp³-hybridized carbons (Fsp3) is 0.308. The molecule has 0 N–H and O–H groups in total. The van der Waals surface area contributed by atoms with Crippen LogP contribution >= 0.6 is 0 Å². The number of para-hydroxylation sites is 1. The Labute approximate surface area is 194 Å². The SMILES string of the molecule is C=CC(=O)OC(COCCOC(=O)C(=C)CCOCCOc1ccccc1)c1ccccc1. The van der Waals surface area contributed by atoms with Crippen LogP contribution < -0.4 is 4.74 Å². The van der Waals surface area contributed by atoms with Gasteiger partial charge in [-0.2, -0.15) is 0 Å². The van der Waals surface area contributed by atoms with Gasteiger partial charge < -0.3 is 23.7 Å². The van der Waals surface area contributed by atoms with Gasteiger partial charge in [0.2, 0.25) is 0 Å². The highest BCUT2D eigenvalue weighted by Gasteiger charge is 2.16. The molecule has 1 unspecified atom stereocenters. The van der Waals surface area contributed by atoms with Crippen molar-refractivity contribution in [3.8, 4) is 5.75 Å². The Balaban J connectivity index is 1.56. The first-order valence-corrected chi connectivity index (χ1v) is 10.7. The van der Waals surface area contributed by atoms with Crippen molar-refractivity contribution in [2.24, 2.45) is 0 Å². The Kier molecular flexibility index (Phi) is 12.1. The zero-order chi connectivity index (χ0) is 23.7. The van der Waals surface area contributed by atoms with Gasteiger partial charge in [0.15, 0.2) is 6.10 Å². The first kappa shape index (κ1) is 25.8. The molecule has 0 fully saturated rings. The van der Waals surface area contributed by atoms with Gasteiger partial charge in [-0.3, -0.25) is 0 Å². The van der Waals surface area contributed by atoms with Crippen LogP contribution in [0.4, 0.5) is 0 Å². The molecule has 2 aromatic carbocycles. The van der Waals surface area contributed by atoms with Crippen LogP contribution in [0.3, 0.4) is 0 Å². The molecule has 0 radical (unpaired) electrons. The summed E-state index contributed by atoms with van der Waals surface area (Å²) in [5, 5.41) is 0. The quantitative estimate of drug-likeness (QED) is 0.215. The number of carbonyl (C=O) groups excluding carboxylic acids is 2. The van der Waals surface area contributed by atoms with Crippen molar-refractivity contribution in [1.82, 2.24) is 0 Å². The molecule has 0 saturated heterocycles. The standard InChI is InChI=1S/C26H30O7/c1-3-25(27)33-24(22-10-6-4-7-11-22)20-30-17-19-32-26(28)21(2)14-15-29-16-18-31-23-12-8-5-9-13-23/h3-13,24H,1-2,14-20H2. The van der Waals surface area contributed by atoms with E-state index >= 15 is 0 Å². The van der Waals surface area contributed by atoms with Gasteiger partial charge in [0, 0.05) is 18.1 Å². The summed E-state index contributed by atoms with van der Waals surface area (Å²) >= 11 is 0. The van der Waals surface area contributed by atoms with Crippen molar-refractivity contribution in [3.05, 3.63) is 91.0 Å². The molecule has 0 aliphatic heterocycles. The van der Waals surface area contributed by atoms with Crippen molar-refractivity contribution in [2.75, 3.05) is 39.6 Å². The van der Waals surface area contributed by atoms with E-state index < -0.39 is 18.0 Å². The largest absolute Gasteiger partial charge is 0.491 e. The molecule has 2 aromatic rings.